The monoisotopic (exact) mass is 432 g/mol. The van der Waals surface area contributed by atoms with Gasteiger partial charge in [0.25, 0.3) is 0 Å². The molecule has 2 N–H and O–H groups in total. The summed E-state index contributed by atoms with van der Waals surface area (Å²) >= 11 is 0. The highest BCUT2D eigenvalue weighted by Gasteiger charge is 2.50. The van der Waals surface area contributed by atoms with Gasteiger partial charge in [-0.25, -0.2) is 10.5 Å². The first-order valence-electron chi connectivity index (χ1n) is 9.95. The Hall–Kier alpha value is -2.84. The van der Waals surface area contributed by atoms with Crippen LogP contribution in [-0.2, 0) is 18.2 Å². The van der Waals surface area contributed by atoms with Gasteiger partial charge in [0.1, 0.15) is 23.8 Å². The summed E-state index contributed by atoms with van der Waals surface area (Å²) in [5, 5.41) is 8.94. The van der Waals surface area contributed by atoms with Gasteiger partial charge in [-0.1, -0.05) is 19.1 Å². The molecule has 5 nitrogen and oxygen atoms in total. The Balaban J connectivity index is 1.45. The second-order valence-electron chi connectivity index (χ2n) is 8.09. The van der Waals surface area contributed by atoms with Crippen molar-refractivity contribution in [3.63, 3.8) is 0 Å². The van der Waals surface area contributed by atoms with Gasteiger partial charge in [0.2, 0.25) is 5.89 Å². The molecule has 1 aromatic heterocycles. The molecule has 0 spiro atoms. The molecule has 3 aromatic rings. The molecule has 0 saturated heterocycles. The van der Waals surface area contributed by atoms with Gasteiger partial charge in [0.05, 0.1) is 5.56 Å². The van der Waals surface area contributed by atoms with Gasteiger partial charge in [-0.3, -0.25) is 0 Å². The number of alkyl halides is 3. The topological polar surface area (TPSA) is 67.5 Å². The quantitative estimate of drug-likeness (QED) is 0.482. The number of hydrogen-bond donors (Lipinski definition) is 2. The van der Waals surface area contributed by atoms with Gasteiger partial charge in [0, 0.05) is 12.1 Å². The van der Waals surface area contributed by atoms with Crippen LogP contribution in [0.1, 0.15) is 35.9 Å². The summed E-state index contributed by atoms with van der Waals surface area (Å²) in [5.41, 5.74) is 3.73. The molecule has 31 heavy (non-hydrogen) atoms. The molecule has 4 rings (SSSR count). The number of hydroxylamine groups is 1. The maximum Gasteiger partial charge on any atom is 0.416 e. The Kier molecular flexibility index (Phi) is 5.53. The Morgan fingerprint density at radius 2 is 1.97 bits per heavy atom. The first-order chi connectivity index (χ1) is 14.7. The van der Waals surface area contributed by atoms with Crippen molar-refractivity contribution in [2.45, 2.75) is 38.5 Å². The van der Waals surface area contributed by atoms with Crippen molar-refractivity contribution in [1.82, 2.24) is 10.5 Å². The number of ether oxygens (including phenoxy) is 1. The summed E-state index contributed by atoms with van der Waals surface area (Å²) < 4.78 is 49.8. The fourth-order valence-electron chi connectivity index (χ4n) is 3.79. The van der Waals surface area contributed by atoms with Crippen LogP contribution in [0.25, 0.3) is 11.5 Å². The van der Waals surface area contributed by atoms with Crippen molar-refractivity contribution in [2.75, 3.05) is 6.54 Å². The van der Waals surface area contributed by atoms with E-state index in [2.05, 4.69) is 17.4 Å². The Morgan fingerprint density at radius 3 is 2.65 bits per heavy atom. The van der Waals surface area contributed by atoms with E-state index in [0.29, 0.717) is 35.2 Å². The fraction of sp³-hybridized carbons (Fsp3) is 0.348. The molecule has 0 amide bonds. The maximum atomic E-state index is 12.7. The lowest BCUT2D eigenvalue weighted by atomic mass is 9.95. The standard InChI is InChI=1S/C23H23F3N2O3/c1-14-20(28-21(31-14)15-6-8-16(9-7-15)23(24,25)26)13-30-19-5-3-4-17(10-19)22(2)11-18(22)12-27-29/h3-10,18,27,29H,11-13H2,1-2H3. The third-order valence-corrected chi connectivity index (χ3v) is 5.97. The molecule has 164 valence electrons. The van der Waals surface area contributed by atoms with Crippen molar-refractivity contribution in [1.29, 1.82) is 0 Å². The molecule has 1 heterocycles. The van der Waals surface area contributed by atoms with Crippen LogP contribution in [0.5, 0.6) is 5.75 Å². The van der Waals surface area contributed by atoms with E-state index in [4.69, 9.17) is 14.4 Å². The van der Waals surface area contributed by atoms with Gasteiger partial charge in [-0.2, -0.15) is 13.2 Å². The molecular formula is C23H23F3N2O3. The predicted molar refractivity (Wildman–Crippen MR) is 108 cm³/mol. The van der Waals surface area contributed by atoms with Crippen molar-refractivity contribution in [2.24, 2.45) is 5.92 Å². The lowest BCUT2D eigenvalue weighted by Crippen LogP contribution is -2.16. The van der Waals surface area contributed by atoms with Crippen LogP contribution < -0.4 is 10.2 Å². The zero-order valence-corrected chi connectivity index (χ0v) is 17.2. The number of hydrogen-bond acceptors (Lipinski definition) is 5. The summed E-state index contributed by atoms with van der Waals surface area (Å²) in [6.07, 6.45) is -3.40. The molecule has 1 saturated carbocycles. The maximum absolute atomic E-state index is 12.7. The van der Waals surface area contributed by atoms with Crippen LogP contribution in [0, 0.1) is 12.8 Å². The van der Waals surface area contributed by atoms with Crippen LogP contribution in [0.3, 0.4) is 0 Å². The molecule has 1 aliphatic carbocycles. The molecule has 0 radical (unpaired) electrons. The van der Waals surface area contributed by atoms with Crippen LogP contribution in [0.15, 0.2) is 52.9 Å². The molecule has 2 atom stereocenters. The van der Waals surface area contributed by atoms with Gasteiger partial charge in [-0.05, 0) is 66.6 Å². The van der Waals surface area contributed by atoms with Gasteiger partial charge >= 0.3 is 6.18 Å². The lowest BCUT2D eigenvalue weighted by molar-refractivity contribution is -0.137. The summed E-state index contributed by atoms with van der Waals surface area (Å²) in [7, 11) is 0. The SMILES string of the molecule is Cc1oc(-c2ccc(C(F)(F)F)cc2)nc1COc1cccc(C2(C)CC2CNO)c1. The smallest absolute Gasteiger partial charge is 0.416 e. The Labute approximate surface area is 177 Å². The number of benzene rings is 2. The van der Waals surface area contributed by atoms with E-state index in [9.17, 15) is 13.2 Å². The summed E-state index contributed by atoms with van der Waals surface area (Å²) in [4.78, 5) is 4.40. The molecule has 1 aliphatic rings. The van der Waals surface area contributed by atoms with Crippen molar-refractivity contribution in [3.8, 4) is 17.2 Å². The van der Waals surface area contributed by atoms with E-state index in [-0.39, 0.29) is 17.9 Å². The van der Waals surface area contributed by atoms with E-state index in [0.717, 1.165) is 24.1 Å². The number of aromatic nitrogens is 1. The molecule has 0 aliphatic heterocycles. The minimum atomic E-state index is -4.38. The first-order valence-corrected chi connectivity index (χ1v) is 9.95. The third kappa shape index (κ3) is 4.45. The highest BCUT2D eigenvalue weighted by atomic mass is 19.4. The highest BCUT2D eigenvalue weighted by Crippen LogP contribution is 2.54. The number of nitrogens with zero attached hydrogens (tertiary/aromatic N) is 1. The lowest BCUT2D eigenvalue weighted by Gasteiger charge is -2.13. The van der Waals surface area contributed by atoms with E-state index in [1.54, 1.807) is 6.92 Å². The third-order valence-electron chi connectivity index (χ3n) is 5.97. The van der Waals surface area contributed by atoms with E-state index >= 15 is 0 Å². The average Bonchev–Trinajstić information content (AvgIpc) is 3.25. The number of halogens is 3. The largest absolute Gasteiger partial charge is 0.487 e. The van der Waals surface area contributed by atoms with Gasteiger partial charge in [-0.15, -0.1) is 0 Å². The number of nitrogens with one attached hydrogen (secondary N) is 1. The van der Waals surface area contributed by atoms with Crippen LogP contribution in [0.4, 0.5) is 13.2 Å². The van der Waals surface area contributed by atoms with Crippen molar-refractivity contribution in [3.05, 3.63) is 71.1 Å². The minimum absolute atomic E-state index is 0.00859. The van der Waals surface area contributed by atoms with Crippen LogP contribution in [-0.4, -0.2) is 16.7 Å². The number of rotatable bonds is 7. The molecule has 1 fully saturated rings. The normalized spacial score (nSPS) is 20.6. The summed E-state index contributed by atoms with van der Waals surface area (Å²) in [5.74, 6) is 1.87. The van der Waals surface area contributed by atoms with E-state index in [1.165, 1.54) is 12.1 Å². The summed E-state index contributed by atoms with van der Waals surface area (Å²) in [6, 6.07) is 12.5. The second-order valence-corrected chi connectivity index (χ2v) is 8.09. The van der Waals surface area contributed by atoms with Crippen molar-refractivity contribution >= 4 is 0 Å². The second kappa shape index (κ2) is 8.01. The molecule has 8 heteroatoms. The van der Waals surface area contributed by atoms with E-state index in [1.807, 2.05) is 24.3 Å². The van der Waals surface area contributed by atoms with Crippen molar-refractivity contribution < 1.29 is 27.5 Å². The fourth-order valence-corrected chi connectivity index (χ4v) is 3.79. The number of oxazole rings is 1. The molecule has 0 bridgehead atoms. The van der Waals surface area contributed by atoms with Crippen LogP contribution >= 0.6 is 0 Å². The minimum Gasteiger partial charge on any atom is -0.487 e. The predicted octanol–water partition coefficient (Wildman–Crippen LogP) is 5.50. The molecular weight excluding hydrogens is 409 g/mol. The van der Waals surface area contributed by atoms with E-state index < -0.39 is 11.7 Å². The van der Waals surface area contributed by atoms with Crippen LogP contribution in [0.2, 0.25) is 0 Å². The summed E-state index contributed by atoms with van der Waals surface area (Å²) in [6.45, 7) is 4.63. The Morgan fingerprint density at radius 1 is 1.23 bits per heavy atom. The molecule has 2 unspecified atom stereocenters. The van der Waals surface area contributed by atoms with Gasteiger partial charge < -0.3 is 14.4 Å². The first kappa shape index (κ1) is 21.4. The Bertz CT molecular complexity index is 1060. The van der Waals surface area contributed by atoms with Gasteiger partial charge in [0.15, 0.2) is 0 Å². The average molecular weight is 432 g/mol. The number of aryl methyl sites for hydroxylation is 1. The highest BCUT2D eigenvalue weighted by molar-refractivity contribution is 5.54. The molecule has 2 aromatic carbocycles. The zero-order chi connectivity index (χ0) is 22.2. The zero-order valence-electron chi connectivity index (χ0n) is 17.2.